The third-order valence-corrected chi connectivity index (χ3v) is 7.21. The average molecular weight is 529 g/mol. The van der Waals surface area contributed by atoms with Crippen LogP contribution in [0.4, 0.5) is 5.69 Å². The van der Waals surface area contributed by atoms with E-state index in [0.29, 0.717) is 22.8 Å². The monoisotopic (exact) mass is 528 g/mol. The van der Waals surface area contributed by atoms with Gasteiger partial charge in [-0.3, -0.25) is 14.5 Å². The number of benzene rings is 2. The van der Waals surface area contributed by atoms with Crippen molar-refractivity contribution in [3.8, 4) is 17.3 Å². The van der Waals surface area contributed by atoms with E-state index in [-0.39, 0.29) is 36.0 Å². The molecule has 0 bridgehead atoms. The molecular formula is C29H32N6O4. The summed E-state index contributed by atoms with van der Waals surface area (Å²) in [5, 5.41) is 25.5. The van der Waals surface area contributed by atoms with Crippen molar-refractivity contribution in [2.24, 2.45) is 0 Å². The molecule has 0 spiro atoms. The number of anilines is 1. The van der Waals surface area contributed by atoms with Gasteiger partial charge in [0.1, 0.15) is 24.1 Å². The number of aryl methyl sites for hydroxylation is 2. The number of aromatic hydroxyl groups is 1. The second-order valence-electron chi connectivity index (χ2n) is 10.0. The van der Waals surface area contributed by atoms with E-state index >= 15 is 0 Å². The van der Waals surface area contributed by atoms with Gasteiger partial charge in [-0.15, -0.1) is 10.2 Å². The van der Waals surface area contributed by atoms with Crippen molar-refractivity contribution in [3.63, 3.8) is 0 Å². The number of hydrogen-bond acceptors (Lipinski definition) is 7. The van der Waals surface area contributed by atoms with E-state index in [4.69, 9.17) is 4.42 Å². The van der Waals surface area contributed by atoms with Crippen LogP contribution in [0, 0.1) is 20.8 Å². The highest BCUT2D eigenvalue weighted by molar-refractivity contribution is 6.02. The summed E-state index contributed by atoms with van der Waals surface area (Å²) in [4.78, 5) is 30.7. The lowest BCUT2D eigenvalue weighted by Crippen LogP contribution is -2.47. The third-order valence-electron chi connectivity index (χ3n) is 7.21. The minimum absolute atomic E-state index is 0.0592. The molecule has 1 aliphatic carbocycles. The number of carbonyl (C=O) groups excluding carboxylic acids is 2. The van der Waals surface area contributed by atoms with E-state index in [1.807, 2.05) is 39.0 Å². The molecule has 1 unspecified atom stereocenters. The summed E-state index contributed by atoms with van der Waals surface area (Å²) in [6, 6.07) is 14.7. The smallest absolute Gasteiger partial charge is 0.251 e. The number of phenols is 1. The maximum absolute atomic E-state index is 14.1. The summed E-state index contributed by atoms with van der Waals surface area (Å²) in [7, 11) is 0. The van der Waals surface area contributed by atoms with Gasteiger partial charge in [0.2, 0.25) is 11.7 Å². The number of phenolic OH excluding ortho intramolecular Hbond substituents is 1. The normalized spacial score (nSPS) is 14.3. The SMILES string of the molecule is Cc1ccc(-c2nnn(CC(=O)N(c3cccc(C)c3C)C(C(=O)NC3CCCC3)c3ccc(O)cc3)n2)o1. The summed E-state index contributed by atoms with van der Waals surface area (Å²) >= 11 is 0. The first kappa shape index (κ1) is 26.1. The Morgan fingerprint density at radius 3 is 2.51 bits per heavy atom. The van der Waals surface area contributed by atoms with E-state index in [1.165, 1.54) is 21.8 Å². The standard InChI is InChI=1S/C29H32N6O4/c1-18-7-6-10-24(20(18)3)35(26(37)17-34-32-28(31-33-34)25-16-11-19(2)39-25)27(21-12-14-23(36)15-13-21)29(38)30-22-8-4-5-9-22/h6-7,10-16,22,27,36H,4-5,8-9,17H2,1-3H3,(H,30,38). The maximum Gasteiger partial charge on any atom is 0.251 e. The van der Waals surface area contributed by atoms with Crippen LogP contribution in [0.2, 0.25) is 0 Å². The molecule has 2 aromatic carbocycles. The summed E-state index contributed by atoms with van der Waals surface area (Å²) < 4.78 is 5.59. The number of tetrazole rings is 1. The molecule has 0 saturated heterocycles. The van der Waals surface area contributed by atoms with Crippen LogP contribution >= 0.6 is 0 Å². The Hall–Kier alpha value is -4.47. The molecule has 1 atom stereocenters. The Bertz CT molecular complexity index is 1470. The van der Waals surface area contributed by atoms with Crippen molar-refractivity contribution in [2.45, 2.75) is 65.1 Å². The molecule has 2 heterocycles. The lowest BCUT2D eigenvalue weighted by Gasteiger charge is -2.33. The number of hydrogen-bond donors (Lipinski definition) is 2. The summed E-state index contributed by atoms with van der Waals surface area (Å²) in [5.41, 5.74) is 3.06. The van der Waals surface area contributed by atoms with E-state index in [2.05, 4.69) is 20.7 Å². The van der Waals surface area contributed by atoms with Gasteiger partial charge in [-0.05, 0) is 85.8 Å². The maximum atomic E-state index is 14.1. The van der Waals surface area contributed by atoms with Crippen molar-refractivity contribution < 1.29 is 19.1 Å². The number of rotatable bonds is 8. The Labute approximate surface area is 226 Å². The minimum Gasteiger partial charge on any atom is -0.508 e. The van der Waals surface area contributed by atoms with E-state index < -0.39 is 6.04 Å². The van der Waals surface area contributed by atoms with Gasteiger partial charge in [-0.2, -0.15) is 4.80 Å². The topological polar surface area (TPSA) is 126 Å². The van der Waals surface area contributed by atoms with Gasteiger partial charge < -0.3 is 14.8 Å². The molecule has 202 valence electrons. The number of furan rings is 1. The molecule has 10 heteroatoms. The molecule has 10 nitrogen and oxygen atoms in total. The summed E-state index contributed by atoms with van der Waals surface area (Å²) in [6.07, 6.45) is 3.93. The van der Waals surface area contributed by atoms with Crippen LogP contribution in [0.25, 0.3) is 11.6 Å². The Morgan fingerprint density at radius 1 is 1.08 bits per heavy atom. The van der Waals surface area contributed by atoms with Gasteiger partial charge in [0, 0.05) is 11.7 Å². The Balaban J connectivity index is 1.54. The van der Waals surface area contributed by atoms with Crippen LogP contribution in [-0.4, -0.2) is 43.2 Å². The van der Waals surface area contributed by atoms with Crippen LogP contribution in [0.3, 0.4) is 0 Å². The van der Waals surface area contributed by atoms with Crippen molar-refractivity contribution >= 4 is 17.5 Å². The molecule has 4 aromatic rings. The van der Waals surface area contributed by atoms with Gasteiger partial charge >= 0.3 is 0 Å². The van der Waals surface area contributed by atoms with Crippen LogP contribution in [0.5, 0.6) is 5.75 Å². The highest BCUT2D eigenvalue weighted by Gasteiger charge is 2.35. The van der Waals surface area contributed by atoms with Gasteiger partial charge in [0.05, 0.1) is 0 Å². The first-order chi connectivity index (χ1) is 18.8. The molecule has 1 aliphatic rings. The first-order valence-corrected chi connectivity index (χ1v) is 13.1. The van der Waals surface area contributed by atoms with Crippen molar-refractivity contribution in [1.82, 2.24) is 25.5 Å². The van der Waals surface area contributed by atoms with Gasteiger partial charge in [-0.25, -0.2) is 0 Å². The average Bonchev–Trinajstić information content (AvgIpc) is 3.68. The lowest BCUT2D eigenvalue weighted by atomic mass is 9.99. The van der Waals surface area contributed by atoms with Crippen LogP contribution in [0.1, 0.15) is 54.2 Å². The fourth-order valence-corrected chi connectivity index (χ4v) is 5.00. The predicted molar refractivity (Wildman–Crippen MR) is 145 cm³/mol. The molecular weight excluding hydrogens is 496 g/mol. The second kappa shape index (κ2) is 11.1. The van der Waals surface area contributed by atoms with Crippen LogP contribution in [-0.2, 0) is 16.1 Å². The summed E-state index contributed by atoms with van der Waals surface area (Å²) in [5.74, 6) is 0.844. The fraction of sp³-hybridized carbons (Fsp3) is 0.345. The zero-order valence-corrected chi connectivity index (χ0v) is 22.3. The number of amides is 2. The van der Waals surface area contributed by atoms with Crippen LogP contribution in [0.15, 0.2) is 59.0 Å². The summed E-state index contributed by atoms with van der Waals surface area (Å²) in [6.45, 7) is 5.47. The zero-order valence-electron chi connectivity index (χ0n) is 22.3. The highest BCUT2D eigenvalue weighted by atomic mass is 16.3. The number of aromatic nitrogens is 4. The first-order valence-electron chi connectivity index (χ1n) is 13.1. The molecule has 2 aromatic heterocycles. The van der Waals surface area contributed by atoms with Gasteiger partial charge in [0.15, 0.2) is 5.76 Å². The van der Waals surface area contributed by atoms with Crippen molar-refractivity contribution in [3.05, 3.63) is 77.0 Å². The van der Waals surface area contributed by atoms with Crippen molar-refractivity contribution in [2.75, 3.05) is 4.90 Å². The molecule has 0 radical (unpaired) electrons. The molecule has 5 rings (SSSR count). The number of nitrogens with zero attached hydrogens (tertiary/aromatic N) is 5. The van der Waals surface area contributed by atoms with E-state index in [9.17, 15) is 14.7 Å². The number of nitrogens with one attached hydrogen (secondary N) is 1. The third kappa shape index (κ3) is 5.69. The van der Waals surface area contributed by atoms with E-state index in [1.54, 1.807) is 24.3 Å². The molecule has 1 saturated carbocycles. The zero-order chi connectivity index (χ0) is 27.5. The fourth-order valence-electron chi connectivity index (χ4n) is 5.00. The quantitative estimate of drug-likeness (QED) is 0.347. The van der Waals surface area contributed by atoms with E-state index in [0.717, 1.165) is 36.8 Å². The largest absolute Gasteiger partial charge is 0.508 e. The highest BCUT2D eigenvalue weighted by Crippen LogP contribution is 2.33. The van der Waals surface area contributed by atoms with Gasteiger partial charge in [-0.1, -0.05) is 37.1 Å². The molecule has 1 fully saturated rings. The van der Waals surface area contributed by atoms with Crippen molar-refractivity contribution in [1.29, 1.82) is 0 Å². The molecule has 39 heavy (non-hydrogen) atoms. The molecule has 2 N–H and O–H groups in total. The van der Waals surface area contributed by atoms with Crippen LogP contribution < -0.4 is 10.2 Å². The molecule has 0 aliphatic heterocycles. The Kier molecular flexibility index (Phi) is 7.44. The number of carbonyl (C=O) groups is 2. The minimum atomic E-state index is -0.977. The second-order valence-corrected chi connectivity index (χ2v) is 10.0. The predicted octanol–water partition coefficient (Wildman–Crippen LogP) is 4.40. The lowest BCUT2D eigenvalue weighted by molar-refractivity contribution is -0.127. The van der Waals surface area contributed by atoms with Gasteiger partial charge in [0.25, 0.3) is 5.91 Å². The molecule has 2 amide bonds. The Morgan fingerprint density at radius 2 is 1.82 bits per heavy atom.